The molecule has 1 aromatic carbocycles. The molecular weight excluding hydrogens is 404 g/mol. The van der Waals surface area contributed by atoms with E-state index in [1.807, 2.05) is 40.1 Å². The fourth-order valence-corrected chi connectivity index (χ4v) is 5.61. The van der Waals surface area contributed by atoms with Crippen molar-refractivity contribution in [3.8, 4) is 11.3 Å². The maximum Gasteiger partial charge on any atom is 0.276 e. The Labute approximate surface area is 189 Å². The minimum atomic E-state index is -0.0443. The molecule has 32 heavy (non-hydrogen) atoms. The highest BCUT2D eigenvalue weighted by atomic mass is 16.3. The van der Waals surface area contributed by atoms with E-state index >= 15 is 0 Å². The Morgan fingerprint density at radius 2 is 1.91 bits per heavy atom. The molecule has 2 aromatic rings. The first-order valence-corrected chi connectivity index (χ1v) is 12.0. The predicted octanol–water partition coefficient (Wildman–Crippen LogP) is 3.18. The molecule has 1 N–H and O–H groups in total. The summed E-state index contributed by atoms with van der Waals surface area (Å²) in [7, 11) is 0. The van der Waals surface area contributed by atoms with Crippen molar-refractivity contribution in [3.05, 3.63) is 42.4 Å². The summed E-state index contributed by atoms with van der Waals surface area (Å²) >= 11 is 0. The van der Waals surface area contributed by atoms with Gasteiger partial charge in [0.1, 0.15) is 0 Å². The molecule has 0 spiro atoms. The third kappa shape index (κ3) is 4.44. The van der Waals surface area contributed by atoms with Crippen LogP contribution in [0.25, 0.3) is 11.3 Å². The fourth-order valence-electron chi connectivity index (χ4n) is 5.61. The number of nitrogens with zero attached hydrogens (tertiary/aromatic N) is 3. The summed E-state index contributed by atoms with van der Waals surface area (Å²) in [6.07, 6.45) is 7.31. The summed E-state index contributed by atoms with van der Waals surface area (Å²) in [5, 5.41) is 3.70. The molecule has 1 aromatic heterocycles. The second kappa shape index (κ2) is 9.45. The lowest BCUT2D eigenvalue weighted by Gasteiger charge is -2.46. The molecule has 2 amide bonds. The summed E-state index contributed by atoms with van der Waals surface area (Å²) in [6.45, 7) is 4.26. The van der Waals surface area contributed by atoms with E-state index < -0.39 is 0 Å². The number of aromatic nitrogens is 1. The monoisotopic (exact) mass is 436 g/mol. The molecular formula is C25H32N4O3. The molecule has 0 radical (unpaired) electrons. The quantitative estimate of drug-likeness (QED) is 0.752. The van der Waals surface area contributed by atoms with Crippen LogP contribution in [0.15, 0.2) is 41.1 Å². The number of piperidine rings is 2. The number of fused-ring (bicyclic) bond motifs is 2. The number of hydrogen-bond acceptors (Lipinski definition) is 5. The van der Waals surface area contributed by atoms with Gasteiger partial charge in [-0.05, 0) is 50.5 Å². The first kappa shape index (κ1) is 21.2. The van der Waals surface area contributed by atoms with E-state index in [0.29, 0.717) is 41.7 Å². The SMILES string of the molecule is O=C(CCC[C@H]1NC[C@@H]2C[C@@H]1CN(C(=O)c1ncoc1-c1ccccc1)C2)N1CCCC1. The fraction of sp³-hybridized carbons (Fsp3) is 0.560. The van der Waals surface area contributed by atoms with E-state index in [4.69, 9.17) is 4.42 Å². The number of oxazole rings is 1. The Morgan fingerprint density at radius 3 is 2.72 bits per heavy atom. The molecule has 2 bridgehead atoms. The van der Waals surface area contributed by atoms with Crippen molar-refractivity contribution in [2.45, 2.75) is 44.6 Å². The van der Waals surface area contributed by atoms with Crippen LogP contribution in [0.1, 0.15) is 49.0 Å². The van der Waals surface area contributed by atoms with Crippen molar-refractivity contribution in [1.29, 1.82) is 0 Å². The lowest BCUT2D eigenvalue weighted by Crippen LogP contribution is -2.57. The zero-order valence-electron chi connectivity index (χ0n) is 18.5. The number of carbonyl (C=O) groups is 2. The Bertz CT molecular complexity index is 938. The average Bonchev–Trinajstić information content (AvgIpc) is 3.53. The molecule has 4 heterocycles. The van der Waals surface area contributed by atoms with E-state index in [2.05, 4.69) is 10.3 Å². The number of nitrogens with one attached hydrogen (secondary N) is 1. The van der Waals surface area contributed by atoms with Gasteiger partial charge in [0.05, 0.1) is 0 Å². The third-order valence-electron chi connectivity index (χ3n) is 7.27. The molecule has 0 saturated carbocycles. The Kier molecular flexibility index (Phi) is 6.26. The first-order chi connectivity index (χ1) is 15.7. The molecule has 3 atom stereocenters. The van der Waals surface area contributed by atoms with Gasteiger partial charge in [0, 0.05) is 44.2 Å². The number of likely N-dealkylation sites (tertiary alicyclic amines) is 2. The second-order valence-corrected chi connectivity index (χ2v) is 9.46. The smallest absolute Gasteiger partial charge is 0.276 e. The van der Waals surface area contributed by atoms with Crippen LogP contribution in [0.4, 0.5) is 0 Å². The van der Waals surface area contributed by atoms with Crippen LogP contribution in [-0.4, -0.2) is 65.4 Å². The van der Waals surface area contributed by atoms with E-state index in [9.17, 15) is 9.59 Å². The van der Waals surface area contributed by atoms with Gasteiger partial charge in [0.2, 0.25) is 5.91 Å². The van der Waals surface area contributed by atoms with Crippen LogP contribution in [-0.2, 0) is 4.79 Å². The molecule has 0 unspecified atom stereocenters. The molecule has 3 fully saturated rings. The Hall–Kier alpha value is -2.67. The highest BCUT2D eigenvalue weighted by Gasteiger charge is 2.39. The van der Waals surface area contributed by atoms with E-state index in [1.165, 1.54) is 6.39 Å². The van der Waals surface area contributed by atoms with Crippen molar-refractivity contribution in [3.63, 3.8) is 0 Å². The van der Waals surface area contributed by atoms with Crippen LogP contribution in [0.3, 0.4) is 0 Å². The summed E-state index contributed by atoms with van der Waals surface area (Å²) in [6, 6.07) is 10.0. The van der Waals surface area contributed by atoms with Gasteiger partial charge in [0.25, 0.3) is 5.91 Å². The number of carbonyl (C=O) groups excluding carboxylic acids is 2. The van der Waals surface area contributed by atoms with Crippen LogP contribution < -0.4 is 5.32 Å². The minimum Gasteiger partial charge on any atom is -0.443 e. The molecule has 3 saturated heterocycles. The van der Waals surface area contributed by atoms with Gasteiger partial charge in [-0.15, -0.1) is 0 Å². The van der Waals surface area contributed by atoms with E-state index in [-0.39, 0.29) is 5.91 Å². The van der Waals surface area contributed by atoms with Crippen LogP contribution in [0.5, 0.6) is 0 Å². The lowest BCUT2D eigenvalue weighted by atomic mass is 9.79. The van der Waals surface area contributed by atoms with Crippen LogP contribution >= 0.6 is 0 Å². The number of hydrogen-bond donors (Lipinski definition) is 1. The van der Waals surface area contributed by atoms with Crippen molar-refractivity contribution in [2.75, 3.05) is 32.7 Å². The molecule has 170 valence electrons. The van der Waals surface area contributed by atoms with E-state index in [1.54, 1.807) is 0 Å². The van der Waals surface area contributed by atoms with Gasteiger partial charge < -0.3 is 19.5 Å². The number of rotatable bonds is 6. The van der Waals surface area contributed by atoms with Crippen LogP contribution in [0.2, 0.25) is 0 Å². The Morgan fingerprint density at radius 1 is 1.09 bits per heavy atom. The summed E-state index contributed by atoms with van der Waals surface area (Å²) in [5.74, 6) is 1.68. The molecule has 7 nitrogen and oxygen atoms in total. The molecule has 0 aliphatic carbocycles. The van der Waals surface area contributed by atoms with Crippen molar-refractivity contribution >= 4 is 11.8 Å². The molecule has 3 aliphatic heterocycles. The topological polar surface area (TPSA) is 78.7 Å². The number of amides is 2. The van der Waals surface area contributed by atoms with Gasteiger partial charge >= 0.3 is 0 Å². The highest BCUT2D eigenvalue weighted by molar-refractivity contribution is 5.97. The van der Waals surface area contributed by atoms with Crippen molar-refractivity contribution < 1.29 is 14.0 Å². The second-order valence-electron chi connectivity index (χ2n) is 9.46. The van der Waals surface area contributed by atoms with Gasteiger partial charge in [-0.25, -0.2) is 4.98 Å². The van der Waals surface area contributed by atoms with Gasteiger partial charge in [-0.1, -0.05) is 30.3 Å². The Balaban J connectivity index is 1.20. The zero-order chi connectivity index (χ0) is 21.9. The van der Waals surface area contributed by atoms with Gasteiger partial charge in [-0.3, -0.25) is 9.59 Å². The maximum atomic E-state index is 13.4. The lowest BCUT2D eigenvalue weighted by molar-refractivity contribution is -0.130. The predicted molar refractivity (Wildman–Crippen MR) is 121 cm³/mol. The zero-order valence-corrected chi connectivity index (χ0v) is 18.5. The molecule has 5 rings (SSSR count). The first-order valence-electron chi connectivity index (χ1n) is 12.0. The van der Waals surface area contributed by atoms with Gasteiger partial charge in [-0.2, -0.15) is 0 Å². The highest BCUT2D eigenvalue weighted by Crippen LogP contribution is 2.32. The van der Waals surface area contributed by atoms with Crippen molar-refractivity contribution in [2.24, 2.45) is 11.8 Å². The molecule has 7 heteroatoms. The average molecular weight is 437 g/mol. The minimum absolute atomic E-state index is 0.0443. The standard InChI is InChI=1S/C25H32N4O3/c30-22(28-11-4-5-12-28)10-6-9-21-20-13-18(14-26-21)15-29(16-20)25(31)23-24(32-17-27-23)19-7-2-1-3-8-19/h1-3,7-8,17-18,20-21,26H,4-6,9-16H2/t18-,20+,21+/m0/s1. The van der Waals surface area contributed by atoms with Gasteiger partial charge in [0.15, 0.2) is 17.8 Å². The summed E-state index contributed by atoms with van der Waals surface area (Å²) in [4.78, 5) is 34.0. The maximum absolute atomic E-state index is 13.4. The largest absolute Gasteiger partial charge is 0.443 e. The molecule has 3 aliphatic rings. The van der Waals surface area contributed by atoms with Crippen LogP contribution in [0, 0.1) is 11.8 Å². The summed E-state index contributed by atoms with van der Waals surface area (Å²) < 4.78 is 5.59. The third-order valence-corrected chi connectivity index (χ3v) is 7.27. The normalized spacial score (nSPS) is 25.2. The number of benzene rings is 1. The van der Waals surface area contributed by atoms with Crippen molar-refractivity contribution in [1.82, 2.24) is 20.1 Å². The van der Waals surface area contributed by atoms with E-state index in [0.717, 1.165) is 70.4 Å². The summed E-state index contributed by atoms with van der Waals surface area (Å²) in [5.41, 5.74) is 1.27.